The molecule has 0 heterocycles. The van der Waals surface area contributed by atoms with Crippen LogP contribution in [0.3, 0.4) is 0 Å². The number of carbonyl (C=O) groups is 2. The molecule has 0 bridgehead atoms. The minimum atomic E-state index is -1.15. The van der Waals surface area contributed by atoms with Crippen LogP contribution in [0.1, 0.15) is 29.0 Å². The second-order valence-corrected chi connectivity index (χ2v) is 7.90. The van der Waals surface area contributed by atoms with E-state index in [1.54, 1.807) is 0 Å². The van der Waals surface area contributed by atoms with Gasteiger partial charge < -0.3 is 15.2 Å². The largest absolute Gasteiger partial charge is 0.481 e. The van der Waals surface area contributed by atoms with Crippen LogP contribution in [0, 0.1) is 0 Å². The SMILES string of the molecule is O=C(O)C/C=C(\F)C(Cc1ccccc1)NC(=O)OCC1c2ccccc2-c2ccccc21. The molecule has 1 atom stereocenters. The van der Waals surface area contributed by atoms with E-state index in [0.29, 0.717) is 0 Å². The van der Waals surface area contributed by atoms with Crippen LogP contribution in [-0.2, 0) is 16.0 Å². The van der Waals surface area contributed by atoms with Gasteiger partial charge in [-0.25, -0.2) is 9.18 Å². The molecular weight excluding hydrogens is 421 g/mol. The molecule has 0 fully saturated rings. The van der Waals surface area contributed by atoms with Gasteiger partial charge in [0, 0.05) is 5.92 Å². The summed E-state index contributed by atoms with van der Waals surface area (Å²) in [5.41, 5.74) is 5.21. The van der Waals surface area contributed by atoms with E-state index in [1.165, 1.54) is 0 Å². The zero-order valence-corrected chi connectivity index (χ0v) is 17.9. The molecule has 2 N–H and O–H groups in total. The van der Waals surface area contributed by atoms with Crippen molar-refractivity contribution in [1.29, 1.82) is 0 Å². The van der Waals surface area contributed by atoms with Crippen LogP contribution < -0.4 is 5.32 Å². The maximum Gasteiger partial charge on any atom is 0.407 e. The Labute approximate surface area is 191 Å². The van der Waals surface area contributed by atoms with Gasteiger partial charge in [0.1, 0.15) is 12.4 Å². The van der Waals surface area contributed by atoms with Crippen molar-refractivity contribution in [3.05, 3.63) is 107 Å². The Hall–Kier alpha value is -3.93. The first-order chi connectivity index (χ1) is 16.0. The maximum atomic E-state index is 14.7. The van der Waals surface area contributed by atoms with Gasteiger partial charge in [-0.3, -0.25) is 4.79 Å². The number of hydrogen-bond acceptors (Lipinski definition) is 3. The minimum Gasteiger partial charge on any atom is -0.481 e. The van der Waals surface area contributed by atoms with Crippen LogP contribution in [0.5, 0.6) is 0 Å². The number of hydrogen-bond donors (Lipinski definition) is 2. The van der Waals surface area contributed by atoms with Gasteiger partial charge in [-0.05, 0) is 40.3 Å². The van der Waals surface area contributed by atoms with E-state index in [1.807, 2.05) is 78.9 Å². The Balaban J connectivity index is 1.46. The molecule has 0 saturated heterocycles. The van der Waals surface area contributed by atoms with E-state index < -0.39 is 30.4 Å². The fraction of sp³-hybridized carbons (Fsp3) is 0.185. The number of rotatable bonds is 8. The summed E-state index contributed by atoms with van der Waals surface area (Å²) in [6.45, 7) is 0.110. The quantitative estimate of drug-likeness (QED) is 0.483. The molecule has 1 aliphatic carbocycles. The third-order valence-electron chi connectivity index (χ3n) is 5.72. The molecule has 4 rings (SSSR count). The average molecular weight is 445 g/mol. The molecule has 0 aliphatic heterocycles. The molecule has 1 amide bonds. The van der Waals surface area contributed by atoms with Gasteiger partial charge in [0.25, 0.3) is 0 Å². The number of alkyl carbamates (subject to hydrolysis) is 1. The standard InChI is InChI=1S/C27H24FNO4/c28-24(14-15-26(30)31)25(16-18-8-2-1-3-9-18)29-27(32)33-17-23-21-12-6-4-10-19(21)20-11-5-7-13-22(20)23/h1-14,23,25H,15-17H2,(H,29,32)(H,30,31)/b24-14-. The smallest absolute Gasteiger partial charge is 0.407 e. The number of halogens is 1. The predicted molar refractivity (Wildman–Crippen MR) is 124 cm³/mol. The van der Waals surface area contributed by atoms with Crippen LogP contribution in [-0.4, -0.2) is 29.8 Å². The van der Waals surface area contributed by atoms with Gasteiger partial charge in [0.15, 0.2) is 0 Å². The van der Waals surface area contributed by atoms with Crippen LogP contribution in [0.25, 0.3) is 11.1 Å². The fourth-order valence-electron chi connectivity index (χ4n) is 4.18. The highest BCUT2D eigenvalue weighted by molar-refractivity contribution is 5.79. The third-order valence-corrected chi connectivity index (χ3v) is 5.72. The molecule has 168 valence electrons. The zero-order valence-electron chi connectivity index (χ0n) is 17.9. The van der Waals surface area contributed by atoms with Gasteiger partial charge in [0.05, 0.1) is 12.5 Å². The van der Waals surface area contributed by atoms with Gasteiger partial charge in [-0.1, -0.05) is 78.9 Å². The Morgan fingerprint density at radius 2 is 1.52 bits per heavy atom. The summed E-state index contributed by atoms with van der Waals surface area (Å²) < 4.78 is 20.3. The van der Waals surface area contributed by atoms with Crippen LogP contribution in [0.2, 0.25) is 0 Å². The first kappa shape index (κ1) is 22.3. The highest BCUT2D eigenvalue weighted by Crippen LogP contribution is 2.44. The summed E-state index contributed by atoms with van der Waals surface area (Å²) in [5.74, 6) is -1.97. The number of benzene rings is 3. The van der Waals surface area contributed by atoms with Crippen molar-refractivity contribution < 1.29 is 23.8 Å². The van der Waals surface area contributed by atoms with Crippen molar-refractivity contribution in [3.63, 3.8) is 0 Å². The molecule has 1 aliphatic rings. The minimum absolute atomic E-state index is 0.108. The van der Waals surface area contributed by atoms with Crippen molar-refractivity contribution >= 4 is 12.1 Å². The van der Waals surface area contributed by atoms with Crippen molar-refractivity contribution in [3.8, 4) is 11.1 Å². The summed E-state index contributed by atoms with van der Waals surface area (Å²) >= 11 is 0. The summed E-state index contributed by atoms with van der Waals surface area (Å²) in [6.07, 6.45) is -0.0763. The van der Waals surface area contributed by atoms with Gasteiger partial charge in [-0.15, -0.1) is 0 Å². The molecule has 3 aromatic rings. The number of nitrogens with one attached hydrogen (secondary N) is 1. The average Bonchev–Trinajstić information content (AvgIpc) is 3.15. The van der Waals surface area contributed by atoms with Crippen molar-refractivity contribution in [2.24, 2.45) is 0 Å². The lowest BCUT2D eigenvalue weighted by Gasteiger charge is -2.19. The first-order valence-corrected chi connectivity index (χ1v) is 10.8. The molecule has 0 radical (unpaired) electrons. The fourth-order valence-corrected chi connectivity index (χ4v) is 4.18. The van der Waals surface area contributed by atoms with Crippen LogP contribution in [0.15, 0.2) is 90.8 Å². The number of carboxylic acids is 1. The molecule has 0 aromatic heterocycles. The molecule has 0 spiro atoms. The zero-order chi connectivity index (χ0) is 23.2. The van der Waals surface area contributed by atoms with Crippen LogP contribution >= 0.6 is 0 Å². The van der Waals surface area contributed by atoms with E-state index in [9.17, 15) is 14.0 Å². The summed E-state index contributed by atoms with van der Waals surface area (Å²) in [4.78, 5) is 23.5. The maximum absolute atomic E-state index is 14.7. The summed E-state index contributed by atoms with van der Waals surface area (Å²) in [7, 11) is 0. The topological polar surface area (TPSA) is 75.6 Å². The monoisotopic (exact) mass is 445 g/mol. The van der Waals surface area contributed by atoms with Crippen molar-refractivity contribution in [2.75, 3.05) is 6.61 Å². The molecule has 0 saturated carbocycles. The van der Waals surface area contributed by atoms with Gasteiger partial charge in [-0.2, -0.15) is 0 Å². The lowest BCUT2D eigenvalue weighted by Crippen LogP contribution is -2.38. The van der Waals surface area contributed by atoms with E-state index in [-0.39, 0.29) is 18.9 Å². The molecule has 3 aromatic carbocycles. The molecular formula is C27H24FNO4. The highest BCUT2D eigenvalue weighted by Gasteiger charge is 2.29. The second kappa shape index (κ2) is 10.1. The van der Waals surface area contributed by atoms with E-state index in [0.717, 1.165) is 33.9 Å². The number of carboxylic acid groups (broad SMARTS) is 1. The highest BCUT2D eigenvalue weighted by atomic mass is 19.1. The van der Waals surface area contributed by atoms with E-state index in [2.05, 4.69) is 5.32 Å². The summed E-state index contributed by atoms with van der Waals surface area (Å²) in [5, 5.41) is 11.4. The Morgan fingerprint density at radius 1 is 0.939 bits per heavy atom. The summed E-state index contributed by atoms with van der Waals surface area (Å²) in [6, 6.07) is 24.1. The van der Waals surface area contributed by atoms with E-state index in [4.69, 9.17) is 9.84 Å². The number of amides is 1. The Kier molecular flexibility index (Phi) is 6.83. The van der Waals surface area contributed by atoms with Gasteiger partial charge >= 0.3 is 12.1 Å². The molecule has 5 nitrogen and oxygen atoms in total. The lowest BCUT2D eigenvalue weighted by molar-refractivity contribution is -0.136. The number of carbonyl (C=O) groups excluding carboxylic acids is 1. The van der Waals surface area contributed by atoms with Crippen molar-refractivity contribution in [2.45, 2.75) is 24.8 Å². The van der Waals surface area contributed by atoms with E-state index >= 15 is 0 Å². The predicted octanol–water partition coefficient (Wildman–Crippen LogP) is 5.46. The normalized spacial score (nSPS) is 13.7. The number of ether oxygens (including phenoxy) is 1. The Morgan fingerprint density at radius 3 is 2.12 bits per heavy atom. The molecule has 33 heavy (non-hydrogen) atoms. The van der Waals surface area contributed by atoms with Crippen LogP contribution in [0.4, 0.5) is 9.18 Å². The Bertz CT molecular complexity index is 1130. The first-order valence-electron chi connectivity index (χ1n) is 10.8. The molecule has 6 heteroatoms. The molecule has 1 unspecified atom stereocenters. The lowest BCUT2D eigenvalue weighted by atomic mass is 9.98. The number of aliphatic carboxylic acids is 1. The third kappa shape index (κ3) is 5.29. The number of fused-ring (bicyclic) bond motifs is 3. The second-order valence-electron chi connectivity index (χ2n) is 7.90. The van der Waals surface area contributed by atoms with Gasteiger partial charge in [0.2, 0.25) is 0 Å². The van der Waals surface area contributed by atoms with Crippen molar-refractivity contribution in [1.82, 2.24) is 5.32 Å².